The standard InChI is InChI=1S/C10H6F5NO2/c11-9(12)6-4(7(17)10(13,14)15)2-1-3-5(6)16-8(9)18/h1-3,7,17H,(H,16,18). The summed E-state index contributed by atoms with van der Waals surface area (Å²) in [5, 5.41) is 10.8. The van der Waals surface area contributed by atoms with Crippen molar-refractivity contribution < 1.29 is 31.9 Å². The number of anilines is 1. The van der Waals surface area contributed by atoms with Crippen LogP contribution in [0.5, 0.6) is 0 Å². The van der Waals surface area contributed by atoms with Crippen LogP contribution in [0.3, 0.4) is 0 Å². The first-order valence-electron chi connectivity index (χ1n) is 4.73. The Hall–Kier alpha value is -1.70. The van der Waals surface area contributed by atoms with Gasteiger partial charge in [-0.15, -0.1) is 0 Å². The third-order valence-electron chi connectivity index (χ3n) is 2.55. The van der Waals surface area contributed by atoms with Crippen molar-refractivity contribution in [3.05, 3.63) is 29.3 Å². The molecule has 3 nitrogen and oxygen atoms in total. The second kappa shape index (κ2) is 3.64. The number of alkyl halides is 5. The molecule has 0 aromatic heterocycles. The first kappa shape index (κ1) is 12.7. The van der Waals surface area contributed by atoms with Gasteiger partial charge < -0.3 is 10.4 Å². The number of hydrogen-bond donors (Lipinski definition) is 2. The molecule has 1 aliphatic rings. The van der Waals surface area contributed by atoms with Crippen LogP contribution >= 0.6 is 0 Å². The molecule has 0 spiro atoms. The van der Waals surface area contributed by atoms with Crippen LogP contribution < -0.4 is 5.32 Å². The van der Waals surface area contributed by atoms with Gasteiger partial charge in [0.1, 0.15) is 0 Å². The third kappa shape index (κ3) is 1.72. The van der Waals surface area contributed by atoms with Gasteiger partial charge >= 0.3 is 12.1 Å². The van der Waals surface area contributed by atoms with Crippen molar-refractivity contribution in [2.75, 3.05) is 5.32 Å². The maximum absolute atomic E-state index is 13.4. The lowest BCUT2D eigenvalue weighted by Crippen LogP contribution is -2.27. The molecule has 1 unspecified atom stereocenters. The van der Waals surface area contributed by atoms with Crippen LogP contribution in [0.2, 0.25) is 0 Å². The smallest absolute Gasteiger partial charge is 0.379 e. The molecule has 0 fully saturated rings. The van der Waals surface area contributed by atoms with Crippen LogP contribution in [0.25, 0.3) is 0 Å². The molecule has 1 atom stereocenters. The van der Waals surface area contributed by atoms with Gasteiger partial charge in [0.05, 0.1) is 11.3 Å². The van der Waals surface area contributed by atoms with Crippen LogP contribution in [0.4, 0.5) is 27.6 Å². The van der Waals surface area contributed by atoms with E-state index in [1.165, 1.54) is 0 Å². The van der Waals surface area contributed by atoms with Crippen LogP contribution in [-0.4, -0.2) is 17.2 Å². The Labute approximate surface area is 97.2 Å². The van der Waals surface area contributed by atoms with Crippen LogP contribution in [0.1, 0.15) is 17.2 Å². The quantitative estimate of drug-likeness (QED) is 0.767. The lowest BCUT2D eigenvalue weighted by Gasteiger charge is -2.19. The number of rotatable bonds is 1. The minimum absolute atomic E-state index is 0.425. The Morgan fingerprint density at radius 1 is 1.28 bits per heavy atom. The molecule has 1 amide bonds. The second-order valence-corrected chi connectivity index (χ2v) is 3.74. The fourth-order valence-corrected chi connectivity index (χ4v) is 1.74. The average molecular weight is 267 g/mol. The summed E-state index contributed by atoms with van der Waals surface area (Å²) < 4.78 is 64.0. The van der Waals surface area contributed by atoms with E-state index >= 15 is 0 Å². The van der Waals surface area contributed by atoms with E-state index in [1.54, 1.807) is 5.32 Å². The zero-order chi connectivity index (χ0) is 13.7. The lowest BCUT2D eigenvalue weighted by atomic mass is 9.97. The number of aliphatic hydroxyl groups excluding tert-OH is 1. The third-order valence-corrected chi connectivity index (χ3v) is 2.55. The Morgan fingerprint density at radius 2 is 1.89 bits per heavy atom. The minimum atomic E-state index is -5.09. The number of nitrogens with one attached hydrogen (secondary N) is 1. The molecule has 1 aliphatic heterocycles. The van der Waals surface area contributed by atoms with Gasteiger partial charge in [0.25, 0.3) is 5.91 Å². The molecule has 1 aromatic carbocycles. The van der Waals surface area contributed by atoms with Crippen molar-refractivity contribution in [1.29, 1.82) is 0 Å². The summed E-state index contributed by atoms with van der Waals surface area (Å²) >= 11 is 0. The number of carbonyl (C=O) groups excluding carboxylic acids is 1. The number of aliphatic hydroxyl groups is 1. The van der Waals surface area contributed by atoms with E-state index in [4.69, 9.17) is 5.11 Å². The van der Waals surface area contributed by atoms with E-state index in [0.29, 0.717) is 6.07 Å². The van der Waals surface area contributed by atoms with Gasteiger partial charge in [-0.25, -0.2) is 0 Å². The highest BCUT2D eigenvalue weighted by Crippen LogP contribution is 2.46. The molecule has 0 saturated carbocycles. The Bertz CT molecular complexity index is 511. The largest absolute Gasteiger partial charge is 0.418 e. The van der Waals surface area contributed by atoms with Gasteiger partial charge in [-0.05, 0) is 6.07 Å². The molecule has 1 heterocycles. The van der Waals surface area contributed by atoms with Crippen LogP contribution in [0, 0.1) is 0 Å². The van der Waals surface area contributed by atoms with Crippen molar-refractivity contribution in [3.8, 4) is 0 Å². The molecule has 0 bridgehead atoms. The van der Waals surface area contributed by atoms with Crippen LogP contribution in [0.15, 0.2) is 18.2 Å². The molecule has 0 aliphatic carbocycles. The summed E-state index contributed by atoms with van der Waals surface area (Å²) in [6.45, 7) is 0. The normalized spacial score (nSPS) is 19.3. The van der Waals surface area contributed by atoms with Crippen molar-refractivity contribution in [1.82, 2.24) is 0 Å². The zero-order valence-corrected chi connectivity index (χ0v) is 8.55. The van der Waals surface area contributed by atoms with Crippen LogP contribution in [-0.2, 0) is 10.7 Å². The molecule has 0 radical (unpaired) electrons. The van der Waals surface area contributed by atoms with E-state index in [2.05, 4.69) is 0 Å². The Morgan fingerprint density at radius 3 is 2.44 bits per heavy atom. The van der Waals surface area contributed by atoms with Gasteiger partial charge in [-0.3, -0.25) is 4.79 Å². The van der Waals surface area contributed by atoms with E-state index in [1.807, 2.05) is 0 Å². The fourth-order valence-electron chi connectivity index (χ4n) is 1.74. The molecule has 1 aromatic rings. The maximum Gasteiger partial charge on any atom is 0.418 e. The molecular weight excluding hydrogens is 261 g/mol. The van der Waals surface area contributed by atoms with Crippen molar-refractivity contribution >= 4 is 11.6 Å². The SMILES string of the molecule is O=C1Nc2cccc(C(O)C(F)(F)F)c2C1(F)F. The minimum Gasteiger partial charge on any atom is -0.379 e. The Balaban J connectivity index is 2.61. The predicted molar refractivity (Wildman–Crippen MR) is 50.0 cm³/mol. The molecule has 18 heavy (non-hydrogen) atoms. The summed E-state index contributed by atoms with van der Waals surface area (Å²) in [5.41, 5.74) is -2.58. The second-order valence-electron chi connectivity index (χ2n) is 3.74. The monoisotopic (exact) mass is 267 g/mol. The summed E-state index contributed by atoms with van der Waals surface area (Å²) in [7, 11) is 0. The molecule has 98 valence electrons. The highest BCUT2D eigenvalue weighted by atomic mass is 19.4. The van der Waals surface area contributed by atoms with Crippen molar-refractivity contribution in [2.45, 2.75) is 18.2 Å². The summed E-state index contributed by atoms with van der Waals surface area (Å²) in [5.74, 6) is -5.79. The first-order valence-corrected chi connectivity index (χ1v) is 4.73. The molecular formula is C10H6F5NO2. The van der Waals surface area contributed by atoms with Gasteiger partial charge in [0, 0.05) is 5.56 Å². The van der Waals surface area contributed by atoms with Gasteiger partial charge in [-0.1, -0.05) is 12.1 Å². The van der Waals surface area contributed by atoms with E-state index in [-0.39, 0.29) is 0 Å². The van der Waals surface area contributed by atoms with Gasteiger partial charge in [-0.2, -0.15) is 22.0 Å². The summed E-state index contributed by atoms with van der Waals surface area (Å²) in [4.78, 5) is 11.0. The number of carbonyl (C=O) groups is 1. The van der Waals surface area contributed by atoms with Gasteiger partial charge in [0.2, 0.25) is 0 Å². The number of fused-ring (bicyclic) bond motifs is 1. The average Bonchev–Trinajstić information content (AvgIpc) is 2.48. The molecule has 0 saturated heterocycles. The van der Waals surface area contributed by atoms with E-state index in [0.717, 1.165) is 12.1 Å². The maximum atomic E-state index is 13.4. The molecule has 2 N–H and O–H groups in total. The molecule has 2 rings (SSSR count). The number of halogens is 5. The fraction of sp³-hybridized carbons (Fsp3) is 0.300. The van der Waals surface area contributed by atoms with E-state index in [9.17, 15) is 26.7 Å². The number of benzene rings is 1. The Kier molecular flexibility index (Phi) is 2.58. The number of amides is 1. The topological polar surface area (TPSA) is 49.3 Å². The van der Waals surface area contributed by atoms with Crippen molar-refractivity contribution in [3.63, 3.8) is 0 Å². The lowest BCUT2D eigenvalue weighted by molar-refractivity contribution is -0.207. The van der Waals surface area contributed by atoms with Gasteiger partial charge in [0.15, 0.2) is 6.10 Å². The highest BCUT2D eigenvalue weighted by Gasteiger charge is 2.53. The summed E-state index contributed by atoms with van der Waals surface area (Å²) in [6, 6.07) is 2.80. The zero-order valence-electron chi connectivity index (χ0n) is 8.55. The molecule has 8 heteroatoms. The number of hydrogen-bond acceptors (Lipinski definition) is 2. The first-order chi connectivity index (χ1) is 8.15. The predicted octanol–water partition coefficient (Wildman–Crippen LogP) is 2.33. The summed E-state index contributed by atoms with van der Waals surface area (Å²) in [6.07, 6.45) is -8.15. The highest BCUT2D eigenvalue weighted by molar-refractivity contribution is 6.04. The van der Waals surface area contributed by atoms with Crippen molar-refractivity contribution in [2.24, 2.45) is 0 Å². The van der Waals surface area contributed by atoms with E-state index < -0.39 is 40.9 Å².